The Hall–Kier alpha value is -3.26. The molecule has 1 N–H and O–H groups in total. The number of benzene rings is 2. The Balaban J connectivity index is 1.87. The molecular formula is C25H29N3O4S. The first-order valence-electron chi connectivity index (χ1n) is 10.7. The van der Waals surface area contributed by atoms with E-state index < -0.39 is 0 Å². The van der Waals surface area contributed by atoms with Crippen LogP contribution in [-0.4, -0.2) is 43.0 Å². The minimum Gasteiger partial charge on any atom is -0.497 e. The average molecular weight is 468 g/mol. The number of anilines is 1. The number of amidine groups is 1. The summed E-state index contributed by atoms with van der Waals surface area (Å²) in [5, 5.41) is 3.43. The van der Waals surface area contributed by atoms with Gasteiger partial charge < -0.3 is 14.8 Å². The van der Waals surface area contributed by atoms with Crippen molar-refractivity contribution in [2.75, 3.05) is 24.9 Å². The third kappa shape index (κ3) is 6.16. The van der Waals surface area contributed by atoms with Crippen molar-refractivity contribution in [2.45, 2.75) is 26.8 Å². The van der Waals surface area contributed by atoms with Crippen LogP contribution >= 0.6 is 11.8 Å². The maximum atomic E-state index is 13.3. The summed E-state index contributed by atoms with van der Waals surface area (Å²) in [5.41, 5.74) is 1.74. The standard InChI is InChI=1S/C25H29N3O4S/c1-16(2)17(3)26-23(29)15-33-25-27-22(13-18-9-11-20(31-4)12-10-18)24(30)28(25)19-7-6-8-21(14-19)32-5/h6-14,16-17H,15H2,1-5H3,(H,26,29)/b22-13-. The van der Waals surface area contributed by atoms with Crippen molar-refractivity contribution < 1.29 is 19.1 Å². The third-order valence-corrected chi connectivity index (χ3v) is 6.22. The van der Waals surface area contributed by atoms with E-state index in [1.165, 1.54) is 16.7 Å². The quantitative estimate of drug-likeness (QED) is 0.584. The molecule has 0 aliphatic carbocycles. The summed E-state index contributed by atoms with van der Waals surface area (Å²) in [6.07, 6.45) is 1.73. The zero-order valence-electron chi connectivity index (χ0n) is 19.5. The molecule has 0 fully saturated rings. The maximum absolute atomic E-state index is 13.3. The number of carbonyl (C=O) groups is 2. The second-order valence-electron chi connectivity index (χ2n) is 7.93. The van der Waals surface area contributed by atoms with E-state index >= 15 is 0 Å². The molecule has 2 amide bonds. The Morgan fingerprint density at radius 2 is 1.79 bits per heavy atom. The Bertz CT molecular complexity index is 1060. The fourth-order valence-electron chi connectivity index (χ4n) is 3.02. The van der Waals surface area contributed by atoms with E-state index in [0.29, 0.717) is 28.2 Å². The number of thioether (sulfide) groups is 1. The molecule has 0 aromatic heterocycles. The van der Waals surface area contributed by atoms with Crippen LogP contribution in [0.4, 0.5) is 5.69 Å². The van der Waals surface area contributed by atoms with E-state index in [9.17, 15) is 9.59 Å². The zero-order chi connectivity index (χ0) is 24.0. The summed E-state index contributed by atoms with van der Waals surface area (Å²) in [6.45, 7) is 6.08. The van der Waals surface area contributed by atoms with Crippen LogP contribution in [0.2, 0.25) is 0 Å². The highest BCUT2D eigenvalue weighted by molar-refractivity contribution is 8.14. The molecule has 1 aliphatic heterocycles. The first kappa shape index (κ1) is 24.4. The number of amides is 2. The van der Waals surface area contributed by atoms with Crippen LogP contribution in [0.5, 0.6) is 11.5 Å². The number of ether oxygens (including phenoxy) is 2. The van der Waals surface area contributed by atoms with Gasteiger partial charge in [0.15, 0.2) is 5.17 Å². The topological polar surface area (TPSA) is 80.2 Å². The average Bonchev–Trinajstić information content (AvgIpc) is 3.12. The van der Waals surface area contributed by atoms with Gasteiger partial charge in [-0.15, -0.1) is 0 Å². The lowest BCUT2D eigenvalue weighted by Gasteiger charge is -2.20. The third-order valence-electron chi connectivity index (χ3n) is 5.28. The molecule has 174 valence electrons. The van der Waals surface area contributed by atoms with Gasteiger partial charge in [-0.25, -0.2) is 4.99 Å². The number of nitrogens with one attached hydrogen (secondary N) is 1. The van der Waals surface area contributed by atoms with Crippen molar-refractivity contribution in [1.82, 2.24) is 5.32 Å². The zero-order valence-corrected chi connectivity index (χ0v) is 20.3. The summed E-state index contributed by atoms with van der Waals surface area (Å²) in [7, 11) is 3.18. The summed E-state index contributed by atoms with van der Waals surface area (Å²) in [4.78, 5) is 31.8. The fourth-order valence-corrected chi connectivity index (χ4v) is 3.84. The van der Waals surface area contributed by atoms with Gasteiger partial charge in [-0.3, -0.25) is 14.5 Å². The number of nitrogens with zero attached hydrogens (tertiary/aromatic N) is 2. The molecule has 0 bridgehead atoms. The largest absolute Gasteiger partial charge is 0.497 e. The molecule has 33 heavy (non-hydrogen) atoms. The molecule has 1 unspecified atom stereocenters. The maximum Gasteiger partial charge on any atom is 0.283 e. The Morgan fingerprint density at radius 3 is 2.42 bits per heavy atom. The van der Waals surface area contributed by atoms with E-state index in [4.69, 9.17) is 9.47 Å². The predicted molar refractivity (Wildman–Crippen MR) is 134 cm³/mol. The monoisotopic (exact) mass is 467 g/mol. The van der Waals surface area contributed by atoms with E-state index in [0.717, 1.165) is 11.3 Å². The van der Waals surface area contributed by atoms with Crippen LogP contribution in [0, 0.1) is 5.92 Å². The summed E-state index contributed by atoms with van der Waals surface area (Å²) >= 11 is 1.23. The van der Waals surface area contributed by atoms with E-state index in [1.807, 2.05) is 49.4 Å². The number of hydrogen-bond donors (Lipinski definition) is 1. The highest BCUT2D eigenvalue weighted by Gasteiger charge is 2.32. The first-order valence-corrected chi connectivity index (χ1v) is 11.7. The van der Waals surface area contributed by atoms with Crippen LogP contribution in [0.3, 0.4) is 0 Å². The molecule has 0 saturated heterocycles. The van der Waals surface area contributed by atoms with Crippen molar-refractivity contribution >= 4 is 40.5 Å². The molecule has 3 rings (SSSR count). The van der Waals surface area contributed by atoms with Gasteiger partial charge in [-0.2, -0.15) is 0 Å². The normalized spacial score (nSPS) is 15.6. The number of methoxy groups -OCH3 is 2. The number of carbonyl (C=O) groups excluding carboxylic acids is 2. The smallest absolute Gasteiger partial charge is 0.283 e. The summed E-state index contributed by atoms with van der Waals surface area (Å²) < 4.78 is 10.5. The summed E-state index contributed by atoms with van der Waals surface area (Å²) in [5.74, 6) is 1.47. The van der Waals surface area contributed by atoms with Crippen molar-refractivity contribution in [3.63, 3.8) is 0 Å². The van der Waals surface area contributed by atoms with Gasteiger partial charge in [-0.1, -0.05) is 43.8 Å². The van der Waals surface area contributed by atoms with Crippen molar-refractivity contribution in [3.8, 4) is 11.5 Å². The van der Waals surface area contributed by atoms with Crippen molar-refractivity contribution in [3.05, 3.63) is 59.8 Å². The first-order chi connectivity index (χ1) is 15.8. The number of hydrogen-bond acceptors (Lipinski definition) is 6. The second-order valence-corrected chi connectivity index (χ2v) is 8.87. The molecule has 7 nitrogen and oxygen atoms in total. The molecule has 2 aromatic carbocycles. The van der Waals surface area contributed by atoms with Gasteiger partial charge in [0.25, 0.3) is 5.91 Å². The van der Waals surface area contributed by atoms with Crippen LogP contribution < -0.4 is 19.7 Å². The molecule has 0 spiro atoms. The molecule has 1 heterocycles. The molecular weight excluding hydrogens is 438 g/mol. The highest BCUT2D eigenvalue weighted by Crippen LogP contribution is 2.31. The molecule has 8 heteroatoms. The fraction of sp³-hybridized carbons (Fsp3) is 0.320. The van der Waals surface area contributed by atoms with Gasteiger partial charge in [0.1, 0.15) is 17.2 Å². The van der Waals surface area contributed by atoms with E-state index in [1.54, 1.807) is 26.4 Å². The van der Waals surface area contributed by atoms with Crippen LogP contribution in [0.25, 0.3) is 6.08 Å². The second kappa shape index (κ2) is 11.0. The lowest BCUT2D eigenvalue weighted by molar-refractivity contribution is -0.119. The lowest BCUT2D eigenvalue weighted by atomic mass is 10.1. The van der Waals surface area contributed by atoms with Gasteiger partial charge >= 0.3 is 0 Å². The summed E-state index contributed by atoms with van der Waals surface area (Å²) in [6, 6.07) is 14.6. The Kier molecular flexibility index (Phi) is 8.16. The minimum atomic E-state index is -0.266. The SMILES string of the molecule is COc1ccc(/C=C2\N=C(SCC(=O)NC(C)C(C)C)N(c3cccc(OC)c3)C2=O)cc1. The Labute approximate surface area is 198 Å². The number of aliphatic imine (C=N–C) groups is 1. The highest BCUT2D eigenvalue weighted by atomic mass is 32.2. The number of rotatable bonds is 8. The van der Waals surface area contributed by atoms with Gasteiger partial charge in [-0.05, 0) is 48.7 Å². The molecule has 0 radical (unpaired) electrons. The van der Waals surface area contributed by atoms with Gasteiger partial charge in [0.05, 0.1) is 25.7 Å². The Morgan fingerprint density at radius 1 is 1.09 bits per heavy atom. The molecule has 2 aromatic rings. The van der Waals surface area contributed by atoms with Crippen LogP contribution in [-0.2, 0) is 9.59 Å². The molecule has 1 aliphatic rings. The van der Waals surface area contributed by atoms with Crippen LogP contribution in [0.1, 0.15) is 26.3 Å². The van der Waals surface area contributed by atoms with Gasteiger partial charge in [0, 0.05) is 12.1 Å². The minimum absolute atomic E-state index is 0.0604. The molecule has 1 atom stereocenters. The van der Waals surface area contributed by atoms with Crippen LogP contribution in [0.15, 0.2) is 59.2 Å². The van der Waals surface area contributed by atoms with Crippen molar-refractivity contribution in [2.24, 2.45) is 10.9 Å². The van der Waals surface area contributed by atoms with Gasteiger partial charge in [0.2, 0.25) is 5.91 Å². The van der Waals surface area contributed by atoms with E-state index in [-0.39, 0.29) is 23.6 Å². The molecule has 0 saturated carbocycles. The predicted octanol–water partition coefficient (Wildman–Crippen LogP) is 4.34. The van der Waals surface area contributed by atoms with E-state index in [2.05, 4.69) is 24.2 Å². The van der Waals surface area contributed by atoms with Crippen molar-refractivity contribution in [1.29, 1.82) is 0 Å². The lowest BCUT2D eigenvalue weighted by Crippen LogP contribution is -2.38.